The highest BCUT2D eigenvalue weighted by atomic mass is 16.3. The monoisotopic (exact) mass is 214 g/mol. The molecule has 4 nitrogen and oxygen atoms in total. The van der Waals surface area contributed by atoms with Gasteiger partial charge in [-0.05, 0) is 19.3 Å². The molecule has 1 amide bonds. The van der Waals surface area contributed by atoms with Gasteiger partial charge >= 0.3 is 0 Å². The molecule has 0 aromatic carbocycles. The van der Waals surface area contributed by atoms with Crippen LogP contribution in [0.15, 0.2) is 0 Å². The van der Waals surface area contributed by atoms with Gasteiger partial charge in [0.2, 0.25) is 5.91 Å². The largest absolute Gasteiger partial charge is 0.394 e. The van der Waals surface area contributed by atoms with E-state index in [0.717, 1.165) is 32.1 Å². The summed E-state index contributed by atoms with van der Waals surface area (Å²) >= 11 is 0. The van der Waals surface area contributed by atoms with Crippen molar-refractivity contribution in [3.8, 4) is 0 Å². The Bertz CT molecular complexity index is 209. The Morgan fingerprint density at radius 3 is 2.53 bits per heavy atom. The number of nitrogens with one attached hydrogen (secondary N) is 1. The van der Waals surface area contributed by atoms with E-state index in [1.54, 1.807) is 0 Å². The zero-order valence-corrected chi connectivity index (χ0v) is 9.46. The molecule has 1 aliphatic rings. The van der Waals surface area contributed by atoms with Gasteiger partial charge in [-0.15, -0.1) is 0 Å². The molecule has 4 N–H and O–H groups in total. The minimum Gasteiger partial charge on any atom is -0.394 e. The number of hydrogen-bond donors (Lipinski definition) is 3. The number of aliphatic hydroxyl groups excluding tert-OH is 1. The fourth-order valence-corrected chi connectivity index (χ4v) is 2.20. The second-order valence-electron chi connectivity index (χ2n) is 4.48. The maximum atomic E-state index is 11.8. The van der Waals surface area contributed by atoms with E-state index in [-0.39, 0.29) is 24.0 Å². The maximum absolute atomic E-state index is 11.8. The van der Waals surface area contributed by atoms with Crippen LogP contribution in [0.3, 0.4) is 0 Å². The SMILES string of the molecule is CCC(CN)C(=O)NC1(CO)CCCC1. The van der Waals surface area contributed by atoms with Crippen molar-refractivity contribution in [2.45, 2.75) is 44.6 Å². The lowest BCUT2D eigenvalue weighted by Crippen LogP contribution is -2.52. The van der Waals surface area contributed by atoms with Crippen molar-refractivity contribution in [3.63, 3.8) is 0 Å². The van der Waals surface area contributed by atoms with E-state index in [1.807, 2.05) is 6.92 Å². The van der Waals surface area contributed by atoms with Gasteiger partial charge in [-0.3, -0.25) is 4.79 Å². The Morgan fingerprint density at radius 1 is 1.53 bits per heavy atom. The molecule has 1 fully saturated rings. The predicted octanol–water partition coefficient (Wildman–Crippen LogP) is 0.393. The zero-order chi connectivity index (χ0) is 11.3. The highest BCUT2D eigenvalue weighted by Gasteiger charge is 2.35. The average molecular weight is 214 g/mol. The molecule has 0 heterocycles. The third-order valence-electron chi connectivity index (χ3n) is 3.40. The molecule has 1 aliphatic carbocycles. The molecule has 1 rings (SSSR count). The van der Waals surface area contributed by atoms with Crippen molar-refractivity contribution >= 4 is 5.91 Å². The lowest BCUT2D eigenvalue weighted by Gasteiger charge is -2.29. The van der Waals surface area contributed by atoms with Gasteiger partial charge in [0.05, 0.1) is 12.1 Å². The maximum Gasteiger partial charge on any atom is 0.224 e. The van der Waals surface area contributed by atoms with Crippen LogP contribution in [0.2, 0.25) is 0 Å². The number of rotatable bonds is 5. The number of nitrogens with two attached hydrogens (primary N) is 1. The standard InChI is InChI=1S/C11H22N2O2/c1-2-9(7-12)10(15)13-11(8-14)5-3-4-6-11/h9,14H,2-8,12H2,1H3,(H,13,15). The first-order chi connectivity index (χ1) is 7.17. The molecule has 88 valence electrons. The molecule has 0 aliphatic heterocycles. The molecular formula is C11H22N2O2. The summed E-state index contributed by atoms with van der Waals surface area (Å²) in [6.45, 7) is 2.38. The topological polar surface area (TPSA) is 75.4 Å². The van der Waals surface area contributed by atoms with E-state index in [9.17, 15) is 9.90 Å². The van der Waals surface area contributed by atoms with Crippen molar-refractivity contribution in [3.05, 3.63) is 0 Å². The average Bonchev–Trinajstić information content (AvgIpc) is 2.69. The van der Waals surface area contributed by atoms with E-state index < -0.39 is 0 Å². The number of carbonyl (C=O) groups excluding carboxylic acids is 1. The number of amides is 1. The van der Waals surface area contributed by atoms with Crippen LogP contribution in [0.4, 0.5) is 0 Å². The Kier molecular flexibility index (Phi) is 4.54. The molecule has 1 atom stereocenters. The minimum atomic E-state index is -0.361. The Labute approximate surface area is 91.2 Å². The summed E-state index contributed by atoms with van der Waals surface area (Å²) in [6.07, 6.45) is 4.69. The van der Waals surface area contributed by atoms with E-state index >= 15 is 0 Å². The smallest absolute Gasteiger partial charge is 0.224 e. The Morgan fingerprint density at radius 2 is 2.13 bits per heavy atom. The first-order valence-electron chi connectivity index (χ1n) is 5.80. The molecular weight excluding hydrogens is 192 g/mol. The van der Waals surface area contributed by atoms with Crippen LogP contribution >= 0.6 is 0 Å². The van der Waals surface area contributed by atoms with Crippen molar-refractivity contribution in [1.82, 2.24) is 5.32 Å². The third kappa shape index (κ3) is 2.92. The van der Waals surface area contributed by atoms with E-state index in [4.69, 9.17) is 5.73 Å². The third-order valence-corrected chi connectivity index (χ3v) is 3.40. The van der Waals surface area contributed by atoms with Gasteiger partial charge < -0.3 is 16.2 Å². The minimum absolute atomic E-state index is 0.00375. The molecule has 0 spiro atoms. The molecule has 1 unspecified atom stereocenters. The summed E-state index contributed by atoms with van der Waals surface area (Å²) in [7, 11) is 0. The molecule has 0 aromatic rings. The first kappa shape index (κ1) is 12.5. The number of carbonyl (C=O) groups is 1. The number of aliphatic hydroxyl groups is 1. The van der Waals surface area contributed by atoms with Crippen molar-refractivity contribution in [2.75, 3.05) is 13.2 Å². The van der Waals surface area contributed by atoms with Crippen LogP contribution in [0.25, 0.3) is 0 Å². The lowest BCUT2D eigenvalue weighted by atomic mass is 9.96. The molecule has 0 saturated heterocycles. The van der Waals surface area contributed by atoms with E-state index in [0.29, 0.717) is 6.54 Å². The molecule has 1 saturated carbocycles. The number of hydrogen-bond acceptors (Lipinski definition) is 3. The summed E-state index contributed by atoms with van der Waals surface area (Å²) in [5, 5.41) is 12.3. The Balaban J connectivity index is 2.54. The highest BCUT2D eigenvalue weighted by molar-refractivity contribution is 5.79. The van der Waals surface area contributed by atoms with Crippen LogP contribution in [0.1, 0.15) is 39.0 Å². The van der Waals surface area contributed by atoms with Gasteiger partial charge in [-0.25, -0.2) is 0 Å². The molecule has 0 bridgehead atoms. The van der Waals surface area contributed by atoms with E-state index in [1.165, 1.54) is 0 Å². The van der Waals surface area contributed by atoms with E-state index in [2.05, 4.69) is 5.32 Å². The zero-order valence-electron chi connectivity index (χ0n) is 9.46. The van der Waals surface area contributed by atoms with Gasteiger partial charge in [-0.2, -0.15) is 0 Å². The molecule has 15 heavy (non-hydrogen) atoms. The van der Waals surface area contributed by atoms with Crippen molar-refractivity contribution < 1.29 is 9.90 Å². The van der Waals surface area contributed by atoms with Gasteiger partial charge in [0.1, 0.15) is 0 Å². The highest BCUT2D eigenvalue weighted by Crippen LogP contribution is 2.29. The summed E-state index contributed by atoms with van der Waals surface area (Å²) in [6, 6.07) is 0. The Hall–Kier alpha value is -0.610. The fraction of sp³-hybridized carbons (Fsp3) is 0.909. The van der Waals surface area contributed by atoms with Crippen LogP contribution in [0.5, 0.6) is 0 Å². The van der Waals surface area contributed by atoms with Gasteiger partial charge in [0, 0.05) is 12.5 Å². The fourth-order valence-electron chi connectivity index (χ4n) is 2.20. The van der Waals surface area contributed by atoms with Crippen LogP contribution in [-0.2, 0) is 4.79 Å². The van der Waals surface area contributed by atoms with Crippen LogP contribution in [-0.4, -0.2) is 29.7 Å². The molecule has 0 aromatic heterocycles. The van der Waals surface area contributed by atoms with Crippen LogP contribution in [0, 0.1) is 5.92 Å². The first-order valence-corrected chi connectivity index (χ1v) is 5.80. The molecule has 4 heteroatoms. The normalized spacial score (nSPS) is 21.3. The lowest BCUT2D eigenvalue weighted by molar-refractivity contribution is -0.127. The predicted molar refractivity (Wildman–Crippen MR) is 59.3 cm³/mol. The quantitative estimate of drug-likeness (QED) is 0.620. The summed E-state index contributed by atoms with van der Waals surface area (Å²) in [5.41, 5.74) is 5.16. The van der Waals surface area contributed by atoms with Gasteiger partial charge in [-0.1, -0.05) is 19.8 Å². The second kappa shape index (κ2) is 5.47. The molecule has 0 radical (unpaired) electrons. The van der Waals surface area contributed by atoms with Gasteiger partial charge in [0.15, 0.2) is 0 Å². The van der Waals surface area contributed by atoms with Crippen molar-refractivity contribution in [1.29, 1.82) is 0 Å². The van der Waals surface area contributed by atoms with Crippen LogP contribution < -0.4 is 11.1 Å². The summed E-state index contributed by atoms with van der Waals surface area (Å²) in [5.74, 6) is -0.120. The van der Waals surface area contributed by atoms with Crippen molar-refractivity contribution in [2.24, 2.45) is 11.7 Å². The van der Waals surface area contributed by atoms with Gasteiger partial charge in [0.25, 0.3) is 0 Å². The summed E-state index contributed by atoms with van der Waals surface area (Å²) in [4.78, 5) is 11.8. The second-order valence-corrected chi connectivity index (χ2v) is 4.48. The summed E-state index contributed by atoms with van der Waals surface area (Å²) < 4.78 is 0.